The van der Waals surface area contributed by atoms with Crippen LogP contribution in [0, 0.1) is 5.41 Å². The summed E-state index contributed by atoms with van der Waals surface area (Å²) >= 11 is 0. The van der Waals surface area contributed by atoms with Gasteiger partial charge < -0.3 is 5.11 Å². The van der Waals surface area contributed by atoms with Crippen LogP contribution in [0.25, 0.3) is 0 Å². The Labute approximate surface area is 79.4 Å². The van der Waals surface area contributed by atoms with Crippen molar-refractivity contribution in [3.63, 3.8) is 0 Å². The number of aromatic nitrogens is 1. The molecule has 0 saturated carbocycles. The lowest BCUT2D eigenvalue weighted by molar-refractivity contribution is 0.0636. The van der Waals surface area contributed by atoms with Gasteiger partial charge in [0.05, 0.1) is 5.69 Å². The Morgan fingerprint density at radius 2 is 2.31 bits per heavy atom. The van der Waals surface area contributed by atoms with Crippen molar-refractivity contribution in [1.29, 1.82) is 0 Å². The fourth-order valence-electron chi connectivity index (χ4n) is 1.88. The first-order valence-electron chi connectivity index (χ1n) is 4.43. The number of pyridine rings is 1. The van der Waals surface area contributed by atoms with E-state index in [1.807, 2.05) is 19.9 Å². The Morgan fingerprint density at radius 1 is 1.62 bits per heavy atom. The maximum Gasteiger partial charge on any atom is 0.115 e. The van der Waals surface area contributed by atoms with Crippen LogP contribution in [0.4, 0.5) is 0 Å². The Balaban J connectivity index is 2.50. The van der Waals surface area contributed by atoms with Crippen molar-refractivity contribution < 1.29 is 5.11 Å². The molecule has 0 bridgehead atoms. The van der Waals surface area contributed by atoms with Crippen LogP contribution in [0.3, 0.4) is 0 Å². The van der Waals surface area contributed by atoms with Gasteiger partial charge in [0.15, 0.2) is 0 Å². The summed E-state index contributed by atoms with van der Waals surface area (Å²) in [4.78, 5) is 4.16. The molecule has 13 heavy (non-hydrogen) atoms. The fourth-order valence-corrected chi connectivity index (χ4v) is 1.88. The molecule has 2 nitrogen and oxygen atoms in total. The molecule has 1 heterocycles. The molecule has 0 aromatic carbocycles. The molecule has 2 radical (unpaired) electrons. The zero-order chi connectivity index (χ0) is 9.64. The van der Waals surface area contributed by atoms with Gasteiger partial charge in [0.2, 0.25) is 0 Å². The van der Waals surface area contributed by atoms with Gasteiger partial charge in [0.1, 0.15) is 14.0 Å². The highest BCUT2D eigenvalue weighted by atomic mass is 16.3. The molecule has 3 heteroatoms. The van der Waals surface area contributed by atoms with Gasteiger partial charge in [-0.15, -0.1) is 0 Å². The molecule has 0 amide bonds. The number of rotatable bonds is 0. The molecule has 0 fully saturated rings. The van der Waals surface area contributed by atoms with Crippen molar-refractivity contribution in [2.45, 2.75) is 26.4 Å². The minimum Gasteiger partial charge on any atom is -0.386 e. The molecule has 1 aromatic rings. The molecule has 2 rings (SSSR count). The van der Waals surface area contributed by atoms with Gasteiger partial charge in [-0.3, -0.25) is 4.98 Å². The van der Waals surface area contributed by atoms with Crippen molar-refractivity contribution >= 4 is 13.3 Å². The van der Waals surface area contributed by atoms with Crippen molar-refractivity contribution in [1.82, 2.24) is 4.98 Å². The normalized spacial score (nSPS) is 24.4. The number of hydrogen-bond acceptors (Lipinski definition) is 2. The lowest BCUT2D eigenvalue weighted by Crippen LogP contribution is -2.17. The van der Waals surface area contributed by atoms with Crippen molar-refractivity contribution in [2.75, 3.05) is 0 Å². The third-order valence-electron chi connectivity index (χ3n) is 2.67. The highest BCUT2D eigenvalue weighted by Crippen LogP contribution is 2.43. The maximum absolute atomic E-state index is 9.90. The van der Waals surface area contributed by atoms with Gasteiger partial charge in [-0.25, -0.2) is 0 Å². The topological polar surface area (TPSA) is 33.1 Å². The van der Waals surface area contributed by atoms with Crippen LogP contribution in [-0.2, 0) is 6.42 Å². The zero-order valence-electron chi connectivity index (χ0n) is 7.91. The average Bonchev–Trinajstić information content (AvgIpc) is 2.22. The number of fused-ring (bicyclic) bond motifs is 1. The van der Waals surface area contributed by atoms with E-state index in [1.54, 1.807) is 6.20 Å². The van der Waals surface area contributed by atoms with Crippen LogP contribution in [0.15, 0.2) is 12.3 Å². The van der Waals surface area contributed by atoms with Crippen molar-refractivity contribution in [3.8, 4) is 0 Å². The number of hydrogen-bond donors (Lipinski definition) is 1. The summed E-state index contributed by atoms with van der Waals surface area (Å²) in [6, 6.07) is 1.90. The predicted octanol–water partition coefficient (Wildman–Crippen LogP) is 0.491. The second-order valence-corrected chi connectivity index (χ2v) is 4.38. The lowest BCUT2D eigenvalue weighted by atomic mass is 9.88. The average molecular weight is 173 g/mol. The Kier molecular flexibility index (Phi) is 1.74. The summed E-state index contributed by atoms with van der Waals surface area (Å²) < 4.78 is 0. The Hall–Kier alpha value is -0.825. The molecule has 0 spiro atoms. The SMILES string of the molecule is [B]c1cnc2c(c1)CC(C)(C)C2O. The predicted molar refractivity (Wildman–Crippen MR) is 52.1 cm³/mol. The van der Waals surface area contributed by atoms with Gasteiger partial charge in [-0.1, -0.05) is 25.4 Å². The molecule has 1 N–H and O–H groups in total. The summed E-state index contributed by atoms with van der Waals surface area (Å²) in [6.07, 6.45) is 1.99. The third-order valence-corrected chi connectivity index (χ3v) is 2.67. The van der Waals surface area contributed by atoms with E-state index < -0.39 is 6.10 Å². The van der Waals surface area contributed by atoms with Crippen LogP contribution in [-0.4, -0.2) is 17.9 Å². The Morgan fingerprint density at radius 3 is 3.00 bits per heavy atom. The molecule has 1 aliphatic carbocycles. The largest absolute Gasteiger partial charge is 0.386 e. The summed E-state index contributed by atoms with van der Waals surface area (Å²) in [7, 11) is 5.62. The van der Waals surface area contributed by atoms with Crippen LogP contribution in [0.1, 0.15) is 31.2 Å². The standard InChI is InChI=1S/C10H12BNO/c1-10(2)4-6-3-7(11)5-12-8(6)9(10)13/h3,5,9,13H,4H2,1-2H3. The van der Waals surface area contributed by atoms with Gasteiger partial charge in [-0.05, 0) is 12.0 Å². The summed E-state index contributed by atoms with van der Waals surface area (Å²) in [5.41, 5.74) is 2.43. The van der Waals surface area contributed by atoms with Crippen LogP contribution < -0.4 is 5.46 Å². The Bertz CT molecular complexity index is 349. The molecule has 1 atom stereocenters. The van der Waals surface area contributed by atoms with Crippen LogP contribution >= 0.6 is 0 Å². The second-order valence-electron chi connectivity index (χ2n) is 4.38. The van der Waals surface area contributed by atoms with E-state index in [9.17, 15) is 5.11 Å². The lowest BCUT2D eigenvalue weighted by Gasteiger charge is -2.21. The van der Waals surface area contributed by atoms with E-state index in [4.69, 9.17) is 7.85 Å². The highest BCUT2D eigenvalue weighted by Gasteiger charge is 2.38. The minimum atomic E-state index is -0.455. The molecule has 0 saturated heterocycles. The van der Waals surface area contributed by atoms with Gasteiger partial charge in [0.25, 0.3) is 0 Å². The fraction of sp³-hybridized carbons (Fsp3) is 0.500. The molecule has 0 aliphatic heterocycles. The van der Waals surface area contributed by atoms with Gasteiger partial charge >= 0.3 is 0 Å². The summed E-state index contributed by atoms with van der Waals surface area (Å²) in [5.74, 6) is 0. The number of nitrogens with zero attached hydrogens (tertiary/aromatic N) is 1. The number of aliphatic hydroxyl groups is 1. The first-order valence-corrected chi connectivity index (χ1v) is 4.43. The van der Waals surface area contributed by atoms with Crippen molar-refractivity contribution in [3.05, 3.63) is 23.5 Å². The van der Waals surface area contributed by atoms with E-state index in [0.717, 1.165) is 17.7 Å². The number of aliphatic hydroxyl groups excluding tert-OH is 1. The zero-order valence-corrected chi connectivity index (χ0v) is 7.91. The molecule has 1 unspecified atom stereocenters. The van der Waals surface area contributed by atoms with Crippen LogP contribution in [0.5, 0.6) is 0 Å². The third kappa shape index (κ3) is 1.27. The quantitative estimate of drug-likeness (QED) is 0.579. The summed E-state index contributed by atoms with van der Waals surface area (Å²) in [6.45, 7) is 4.07. The van der Waals surface area contributed by atoms with E-state index in [-0.39, 0.29) is 5.41 Å². The first-order chi connectivity index (χ1) is 6.00. The second kappa shape index (κ2) is 2.58. The summed E-state index contributed by atoms with van der Waals surface area (Å²) in [5, 5.41) is 9.90. The van der Waals surface area contributed by atoms with E-state index in [2.05, 4.69) is 4.98 Å². The van der Waals surface area contributed by atoms with E-state index in [0.29, 0.717) is 5.46 Å². The molecular formula is C10H12BNO. The van der Waals surface area contributed by atoms with E-state index in [1.165, 1.54) is 0 Å². The van der Waals surface area contributed by atoms with E-state index >= 15 is 0 Å². The minimum absolute atomic E-state index is 0.108. The molecule has 1 aromatic heterocycles. The van der Waals surface area contributed by atoms with Crippen LogP contribution in [0.2, 0.25) is 0 Å². The maximum atomic E-state index is 9.90. The smallest absolute Gasteiger partial charge is 0.115 e. The highest BCUT2D eigenvalue weighted by molar-refractivity contribution is 6.32. The van der Waals surface area contributed by atoms with Gasteiger partial charge in [-0.2, -0.15) is 0 Å². The molecular weight excluding hydrogens is 161 g/mol. The van der Waals surface area contributed by atoms with Gasteiger partial charge in [0, 0.05) is 11.6 Å². The van der Waals surface area contributed by atoms with Crippen molar-refractivity contribution in [2.24, 2.45) is 5.41 Å². The molecule has 66 valence electrons. The monoisotopic (exact) mass is 173 g/mol. The molecule has 1 aliphatic rings. The first kappa shape index (κ1) is 8.76.